The molecule has 0 unspecified atom stereocenters. The Labute approximate surface area is 173 Å². The maximum atomic E-state index is 12.9. The highest BCUT2D eigenvalue weighted by Crippen LogP contribution is 2.63. The SMILES string of the molecule is O=C(NC1CCCC1)c1ccc2c(c1)[C@H]1[C@@H]3CC[C@@H](C3)[C@H]1[C@@H](c1ccccc1)N2. The van der Waals surface area contributed by atoms with Crippen molar-refractivity contribution in [1.82, 2.24) is 5.32 Å². The molecule has 0 saturated heterocycles. The van der Waals surface area contributed by atoms with E-state index < -0.39 is 0 Å². The molecule has 0 aromatic heterocycles. The van der Waals surface area contributed by atoms with Gasteiger partial charge in [0.1, 0.15) is 0 Å². The summed E-state index contributed by atoms with van der Waals surface area (Å²) in [5, 5.41) is 7.15. The summed E-state index contributed by atoms with van der Waals surface area (Å²) < 4.78 is 0. The number of anilines is 1. The molecule has 29 heavy (non-hydrogen) atoms. The lowest BCUT2D eigenvalue weighted by Crippen LogP contribution is -2.36. The van der Waals surface area contributed by atoms with Crippen molar-refractivity contribution in [3.8, 4) is 0 Å². The van der Waals surface area contributed by atoms with Crippen LogP contribution in [-0.2, 0) is 0 Å². The molecule has 5 atom stereocenters. The second-order valence-electron chi connectivity index (χ2n) is 9.73. The van der Waals surface area contributed by atoms with Crippen molar-refractivity contribution in [2.45, 2.75) is 62.9 Å². The van der Waals surface area contributed by atoms with Crippen LogP contribution < -0.4 is 10.6 Å². The van der Waals surface area contributed by atoms with Gasteiger partial charge in [0.2, 0.25) is 0 Å². The molecule has 3 aliphatic carbocycles. The minimum absolute atomic E-state index is 0.115. The van der Waals surface area contributed by atoms with Crippen molar-refractivity contribution in [2.24, 2.45) is 17.8 Å². The summed E-state index contributed by atoms with van der Waals surface area (Å²) >= 11 is 0. The number of carbonyl (C=O) groups is 1. The number of benzene rings is 2. The van der Waals surface area contributed by atoms with Crippen LogP contribution in [0.5, 0.6) is 0 Å². The standard InChI is InChI=1S/C26H30N2O/c29-26(27-20-8-4-5-9-20)19-12-13-22-21(15-19)23-17-10-11-18(14-17)24(23)25(28-22)16-6-2-1-3-7-16/h1-3,6-7,12-13,15,17-18,20,23-25,28H,4-5,8-11,14H2,(H,27,29)/t17-,18+,23-,24-,25-/m1/s1. The fraction of sp³-hybridized carbons (Fsp3) is 0.500. The number of hydrogen-bond acceptors (Lipinski definition) is 2. The molecule has 3 fully saturated rings. The van der Waals surface area contributed by atoms with E-state index in [9.17, 15) is 4.79 Å². The van der Waals surface area contributed by atoms with Crippen molar-refractivity contribution in [2.75, 3.05) is 5.32 Å². The number of hydrogen-bond donors (Lipinski definition) is 2. The molecule has 1 aliphatic heterocycles. The molecular weight excluding hydrogens is 356 g/mol. The smallest absolute Gasteiger partial charge is 0.251 e. The number of nitrogens with one attached hydrogen (secondary N) is 2. The molecule has 1 heterocycles. The molecule has 4 aliphatic rings. The molecular formula is C26H30N2O. The highest BCUT2D eigenvalue weighted by atomic mass is 16.1. The maximum Gasteiger partial charge on any atom is 0.251 e. The van der Waals surface area contributed by atoms with Gasteiger partial charge in [-0.05, 0) is 85.1 Å². The average molecular weight is 387 g/mol. The molecule has 3 saturated carbocycles. The van der Waals surface area contributed by atoms with Gasteiger partial charge >= 0.3 is 0 Å². The van der Waals surface area contributed by atoms with E-state index in [1.54, 1.807) is 0 Å². The van der Waals surface area contributed by atoms with Gasteiger partial charge in [0.25, 0.3) is 5.91 Å². The van der Waals surface area contributed by atoms with Crippen LogP contribution in [0.1, 0.15) is 78.4 Å². The molecule has 0 spiro atoms. The van der Waals surface area contributed by atoms with Crippen LogP contribution in [-0.4, -0.2) is 11.9 Å². The first kappa shape index (κ1) is 17.6. The zero-order valence-electron chi connectivity index (χ0n) is 16.9. The Morgan fingerprint density at radius 3 is 2.55 bits per heavy atom. The van der Waals surface area contributed by atoms with Crippen molar-refractivity contribution in [3.05, 3.63) is 65.2 Å². The molecule has 0 radical (unpaired) electrons. The summed E-state index contributed by atoms with van der Waals surface area (Å²) in [5.74, 6) is 2.95. The van der Waals surface area contributed by atoms with Crippen LogP contribution in [0.15, 0.2) is 48.5 Å². The van der Waals surface area contributed by atoms with Crippen molar-refractivity contribution in [3.63, 3.8) is 0 Å². The van der Waals surface area contributed by atoms with Gasteiger partial charge in [0.05, 0.1) is 6.04 Å². The molecule has 2 bridgehead atoms. The lowest BCUT2D eigenvalue weighted by Gasteiger charge is -2.43. The monoisotopic (exact) mass is 386 g/mol. The van der Waals surface area contributed by atoms with E-state index in [-0.39, 0.29) is 5.91 Å². The Balaban J connectivity index is 1.35. The van der Waals surface area contributed by atoms with Crippen LogP contribution in [0.3, 0.4) is 0 Å². The van der Waals surface area contributed by atoms with E-state index in [4.69, 9.17) is 0 Å². The summed E-state index contributed by atoms with van der Waals surface area (Å²) in [7, 11) is 0. The molecule has 3 heteroatoms. The van der Waals surface area contributed by atoms with E-state index in [0.29, 0.717) is 23.9 Å². The molecule has 1 amide bonds. The normalized spacial score (nSPS) is 32.5. The first-order chi connectivity index (χ1) is 14.3. The van der Waals surface area contributed by atoms with Gasteiger partial charge in [-0.3, -0.25) is 4.79 Å². The van der Waals surface area contributed by atoms with Crippen molar-refractivity contribution < 1.29 is 4.79 Å². The number of rotatable bonds is 3. The predicted molar refractivity (Wildman–Crippen MR) is 116 cm³/mol. The predicted octanol–water partition coefficient (Wildman–Crippen LogP) is 5.66. The topological polar surface area (TPSA) is 41.1 Å². The zero-order chi connectivity index (χ0) is 19.4. The van der Waals surface area contributed by atoms with Gasteiger partial charge in [-0.15, -0.1) is 0 Å². The van der Waals surface area contributed by atoms with E-state index in [0.717, 1.165) is 30.2 Å². The Morgan fingerprint density at radius 2 is 1.72 bits per heavy atom. The molecule has 6 rings (SSSR count). The third-order valence-corrected chi connectivity index (χ3v) is 8.20. The molecule has 2 aromatic carbocycles. The van der Waals surface area contributed by atoms with E-state index in [1.807, 2.05) is 6.07 Å². The largest absolute Gasteiger partial charge is 0.378 e. The van der Waals surface area contributed by atoms with Crippen LogP contribution in [0.25, 0.3) is 0 Å². The Hall–Kier alpha value is -2.29. The molecule has 2 N–H and O–H groups in total. The Morgan fingerprint density at radius 1 is 0.931 bits per heavy atom. The van der Waals surface area contributed by atoms with Crippen LogP contribution in [0.2, 0.25) is 0 Å². The third-order valence-electron chi connectivity index (χ3n) is 8.20. The summed E-state index contributed by atoms with van der Waals surface area (Å²) in [4.78, 5) is 12.9. The number of amides is 1. The Bertz CT molecular complexity index is 918. The summed E-state index contributed by atoms with van der Waals surface area (Å²) in [6.07, 6.45) is 8.83. The van der Waals surface area contributed by atoms with E-state index in [2.05, 4.69) is 53.1 Å². The van der Waals surface area contributed by atoms with Gasteiger partial charge < -0.3 is 10.6 Å². The van der Waals surface area contributed by atoms with Crippen LogP contribution in [0, 0.1) is 17.8 Å². The third kappa shape index (κ3) is 2.89. The van der Waals surface area contributed by atoms with Crippen LogP contribution >= 0.6 is 0 Å². The lowest BCUT2D eigenvalue weighted by molar-refractivity contribution is 0.0937. The highest BCUT2D eigenvalue weighted by Gasteiger charge is 2.53. The molecule has 3 nitrogen and oxygen atoms in total. The number of fused-ring (bicyclic) bond motifs is 7. The Kier molecular flexibility index (Phi) is 4.18. The van der Waals surface area contributed by atoms with Gasteiger partial charge in [0.15, 0.2) is 0 Å². The maximum absolute atomic E-state index is 12.9. The summed E-state index contributed by atoms with van der Waals surface area (Å²) in [6.45, 7) is 0. The van der Waals surface area contributed by atoms with Crippen molar-refractivity contribution in [1.29, 1.82) is 0 Å². The van der Waals surface area contributed by atoms with Gasteiger partial charge in [0, 0.05) is 17.3 Å². The fourth-order valence-corrected chi connectivity index (χ4v) is 6.96. The second-order valence-corrected chi connectivity index (χ2v) is 9.73. The number of carbonyl (C=O) groups excluding carboxylic acids is 1. The second kappa shape index (κ2) is 6.90. The molecule has 150 valence electrons. The first-order valence-electron chi connectivity index (χ1n) is 11.5. The quantitative estimate of drug-likeness (QED) is 0.715. The molecule has 2 aromatic rings. The average Bonchev–Trinajstić information content (AvgIpc) is 3.51. The van der Waals surface area contributed by atoms with E-state index >= 15 is 0 Å². The van der Waals surface area contributed by atoms with Gasteiger partial charge in [-0.2, -0.15) is 0 Å². The summed E-state index contributed by atoms with van der Waals surface area (Å²) in [5.41, 5.74) is 4.89. The highest BCUT2D eigenvalue weighted by molar-refractivity contribution is 5.95. The van der Waals surface area contributed by atoms with Crippen molar-refractivity contribution >= 4 is 11.6 Å². The fourth-order valence-electron chi connectivity index (χ4n) is 6.96. The van der Waals surface area contributed by atoms with E-state index in [1.165, 1.54) is 48.9 Å². The first-order valence-corrected chi connectivity index (χ1v) is 11.5. The van der Waals surface area contributed by atoms with Gasteiger partial charge in [-0.25, -0.2) is 0 Å². The van der Waals surface area contributed by atoms with Gasteiger partial charge in [-0.1, -0.05) is 43.2 Å². The minimum Gasteiger partial charge on any atom is -0.378 e. The minimum atomic E-state index is 0.115. The van der Waals surface area contributed by atoms with Crippen LogP contribution in [0.4, 0.5) is 5.69 Å². The summed E-state index contributed by atoms with van der Waals surface area (Å²) in [6, 6.07) is 18.1. The lowest BCUT2D eigenvalue weighted by atomic mass is 9.68. The zero-order valence-corrected chi connectivity index (χ0v) is 16.9.